The molecular weight excluding hydrogens is 793 g/mol. The van der Waals surface area contributed by atoms with Gasteiger partial charge in [-0.3, -0.25) is 14.3 Å². The van der Waals surface area contributed by atoms with Crippen LogP contribution in [-0.2, 0) is 29.8 Å². The van der Waals surface area contributed by atoms with E-state index in [0.717, 1.165) is 14.9 Å². The van der Waals surface area contributed by atoms with Crippen molar-refractivity contribution in [3.8, 4) is 0 Å². The zero-order chi connectivity index (χ0) is 43.0. The smallest absolute Gasteiger partial charge is 0.338 e. The summed E-state index contributed by atoms with van der Waals surface area (Å²) in [6, 6.07) is 44.7. The molecule has 0 saturated carbocycles. The predicted octanol–water partition coefficient (Wildman–Crippen LogP) is 5.86. The normalized spacial score (nSPS) is 17.6. The first-order valence-corrected chi connectivity index (χ1v) is 21.9. The lowest BCUT2D eigenvalue weighted by Crippen LogP contribution is -2.66. The van der Waals surface area contributed by atoms with Gasteiger partial charge in [0.15, 0.2) is 18.4 Å². The Morgan fingerprint density at radius 1 is 0.639 bits per heavy atom. The number of hydrogen-bond donors (Lipinski definition) is 1. The van der Waals surface area contributed by atoms with Crippen LogP contribution in [0.4, 0.5) is 0 Å². The van der Waals surface area contributed by atoms with Gasteiger partial charge in [0.1, 0.15) is 12.7 Å². The van der Waals surface area contributed by atoms with Gasteiger partial charge in [-0.15, -0.1) is 0 Å². The molecule has 1 saturated heterocycles. The molecule has 0 radical (unpaired) electrons. The number of carbonyl (C=O) groups is 3. The van der Waals surface area contributed by atoms with E-state index >= 15 is 0 Å². The molecule has 0 aliphatic carbocycles. The number of aromatic amines is 1. The average molecular weight is 839 g/mol. The van der Waals surface area contributed by atoms with Crippen molar-refractivity contribution in [2.75, 3.05) is 13.2 Å². The maximum Gasteiger partial charge on any atom is 0.338 e. The maximum absolute atomic E-state index is 13.8. The van der Waals surface area contributed by atoms with Gasteiger partial charge in [-0.05, 0) is 51.8 Å². The summed E-state index contributed by atoms with van der Waals surface area (Å²) in [5, 5.41) is 1.79. The lowest BCUT2D eigenvalue weighted by atomic mass is 10.1. The summed E-state index contributed by atoms with van der Waals surface area (Å²) in [4.78, 5) is 70.2. The number of hydrogen-bond acceptors (Lipinski definition) is 10. The van der Waals surface area contributed by atoms with Crippen molar-refractivity contribution in [1.82, 2.24) is 9.55 Å². The highest BCUT2D eigenvalue weighted by molar-refractivity contribution is 6.99. The first-order valence-electron chi connectivity index (χ1n) is 20.0. The molecule has 1 aliphatic rings. The Labute approximate surface area is 353 Å². The number of carbonyl (C=O) groups excluding carboxylic acids is 3. The molecule has 1 fully saturated rings. The second-order valence-electron chi connectivity index (χ2n) is 15.6. The Morgan fingerprint density at radius 2 is 1.08 bits per heavy atom. The van der Waals surface area contributed by atoms with Crippen LogP contribution in [0.1, 0.15) is 63.6 Å². The molecule has 7 rings (SSSR count). The van der Waals surface area contributed by atoms with Crippen LogP contribution in [0.3, 0.4) is 0 Å². The van der Waals surface area contributed by atoms with Crippen LogP contribution in [0, 0.1) is 0 Å². The lowest BCUT2D eigenvalue weighted by molar-refractivity contribution is -0.0641. The summed E-state index contributed by atoms with van der Waals surface area (Å²) < 4.78 is 32.3. The van der Waals surface area contributed by atoms with Crippen LogP contribution in [-0.4, -0.2) is 67.3 Å². The van der Waals surface area contributed by atoms with Crippen molar-refractivity contribution in [3.63, 3.8) is 0 Å². The number of ether oxygens (including phenoxy) is 4. The van der Waals surface area contributed by atoms with E-state index in [0.29, 0.717) is 0 Å². The zero-order valence-electron chi connectivity index (χ0n) is 34.0. The van der Waals surface area contributed by atoms with Crippen LogP contribution in [0.25, 0.3) is 0 Å². The minimum Gasteiger partial charge on any atom is -0.459 e. The van der Waals surface area contributed by atoms with E-state index < -0.39 is 68.6 Å². The average Bonchev–Trinajstić information content (AvgIpc) is 3.61. The van der Waals surface area contributed by atoms with Crippen molar-refractivity contribution in [2.24, 2.45) is 0 Å². The molecule has 2 heterocycles. The first-order chi connectivity index (χ1) is 29.5. The topological polar surface area (TPSA) is 152 Å². The minimum atomic E-state index is -2.99. The highest BCUT2D eigenvalue weighted by atomic mass is 28.4. The van der Waals surface area contributed by atoms with Gasteiger partial charge in [0.2, 0.25) is 0 Å². The summed E-state index contributed by atoms with van der Waals surface area (Å²) >= 11 is 0. The van der Waals surface area contributed by atoms with Gasteiger partial charge in [-0.1, -0.05) is 136 Å². The highest BCUT2D eigenvalue weighted by Crippen LogP contribution is 2.37. The second kappa shape index (κ2) is 18.7. The van der Waals surface area contributed by atoms with E-state index in [-0.39, 0.29) is 40.3 Å². The number of nitrogens with zero attached hydrogens (tertiary/aromatic N) is 1. The number of benzene rings is 5. The molecule has 0 bridgehead atoms. The highest BCUT2D eigenvalue weighted by Gasteiger charge is 2.52. The maximum atomic E-state index is 13.8. The van der Waals surface area contributed by atoms with Gasteiger partial charge in [0.25, 0.3) is 13.9 Å². The molecule has 5 aromatic carbocycles. The fraction of sp³-hybridized carbons (Fsp3) is 0.229. The van der Waals surface area contributed by atoms with Crippen molar-refractivity contribution < 1.29 is 37.8 Å². The number of esters is 3. The molecule has 312 valence electrons. The Hall–Kier alpha value is -6.67. The molecule has 61 heavy (non-hydrogen) atoms. The number of rotatable bonds is 14. The van der Waals surface area contributed by atoms with Gasteiger partial charge >= 0.3 is 23.6 Å². The summed E-state index contributed by atoms with van der Waals surface area (Å²) in [5.41, 5.74) is -0.674. The first kappa shape index (κ1) is 42.5. The van der Waals surface area contributed by atoms with Gasteiger partial charge in [0, 0.05) is 24.8 Å². The van der Waals surface area contributed by atoms with E-state index in [1.807, 2.05) is 36.4 Å². The van der Waals surface area contributed by atoms with Crippen LogP contribution < -0.4 is 21.6 Å². The molecule has 1 N–H and O–H groups in total. The Balaban J connectivity index is 1.24. The van der Waals surface area contributed by atoms with E-state index in [4.69, 9.17) is 23.4 Å². The predicted molar refractivity (Wildman–Crippen MR) is 231 cm³/mol. The standard InChI is InChI=1S/C48H46N2O10Si/c1-48(2,3)61(37-25-15-7-16-26-37,38-27-17-8-18-28-38)57-30-29-36-31-50(47(55)49-42(36)51)43-41(60-46(54)35-23-13-6-14-24-35)40(59-45(53)34-21-11-5-12-22-34)39(58-43)32-56-44(52)33-19-9-4-10-20-33/h4-28,31,39-41,43H,29-30,32H2,1-3H3,(H,49,51,55)/t39-,40-,41-,43-/m1/s1. The molecule has 0 unspecified atom stereocenters. The minimum absolute atomic E-state index is 0.0891. The Morgan fingerprint density at radius 3 is 1.56 bits per heavy atom. The summed E-state index contributed by atoms with van der Waals surface area (Å²) in [7, 11) is -2.99. The van der Waals surface area contributed by atoms with Gasteiger partial charge in [-0.2, -0.15) is 0 Å². The third kappa shape index (κ3) is 9.39. The molecule has 0 spiro atoms. The van der Waals surface area contributed by atoms with Gasteiger partial charge in [0.05, 0.1) is 16.7 Å². The second-order valence-corrected chi connectivity index (χ2v) is 19.9. The van der Waals surface area contributed by atoms with Gasteiger partial charge < -0.3 is 23.4 Å². The van der Waals surface area contributed by atoms with Crippen LogP contribution in [0.15, 0.2) is 167 Å². The largest absolute Gasteiger partial charge is 0.459 e. The summed E-state index contributed by atoms with van der Waals surface area (Å²) in [6.45, 7) is 6.11. The quantitative estimate of drug-likeness (QED) is 0.0803. The lowest BCUT2D eigenvalue weighted by Gasteiger charge is -2.43. The third-order valence-corrected chi connectivity index (χ3v) is 15.6. The van der Waals surface area contributed by atoms with Crippen molar-refractivity contribution >= 4 is 36.6 Å². The van der Waals surface area contributed by atoms with Crippen LogP contribution in [0.5, 0.6) is 0 Å². The molecule has 1 aliphatic heterocycles. The van der Waals surface area contributed by atoms with Crippen molar-refractivity contribution in [2.45, 2.75) is 56.8 Å². The molecule has 13 heteroatoms. The van der Waals surface area contributed by atoms with Crippen molar-refractivity contribution in [3.05, 3.63) is 201 Å². The Kier molecular flexibility index (Phi) is 13.0. The number of nitrogens with one attached hydrogen (secondary N) is 1. The van der Waals surface area contributed by atoms with Crippen LogP contribution in [0.2, 0.25) is 5.04 Å². The molecule has 1 aromatic heterocycles. The molecule has 6 aromatic rings. The van der Waals surface area contributed by atoms with Crippen LogP contribution >= 0.6 is 0 Å². The summed E-state index contributed by atoms with van der Waals surface area (Å²) in [5.74, 6) is -2.24. The monoisotopic (exact) mass is 838 g/mol. The third-order valence-electron chi connectivity index (χ3n) is 10.6. The number of H-pyrrole nitrogens is 1. The Bertz CT molecular complexity index is 2510. The fourth-order valence-electron chi connectivity index (χ4n) is 7.65. The molecule has 12 nitrogen and oxygen atoms in total. The van der Waals surface area contributed by atoms with Gasteiger partial charge in [-0.25, -0.2) is 19.2 Å². The SMILES string of the molecule is CC(C)(C)[Si](OCCc1cn([C@@H]2O[C@H](COC(=O)c3ccccc3)[C@@H](OC(=O)c3ccccc3)[C@H]2OC(=O)c2ccccc2)c(=O)[nH]c1=O)(c1ccccc1)c1ccccc1. The van der Waals surface area contributed by atoms with E-state index in [1.165, 1.54) is 6.20 Å². The summed E-state index contributed by atoms with van der Waals surface area (Å²) in [6.07, 6.45) is -4.12. The molecular formula is C48H46N2O10Si. The zero-order valence-corrected chi connectivity index (χ0v) is 35.0. The van der Waals surface area contributed by atoms with Crippen molar-refractivity contribution in [1.29, 1.82) is 0 Å². The van der Waals surface area contributed by atoms with E-state index in [9.17, 15) is 24.0 Å². The molecule has 4 atom stereocenters. The van der Waals surface area contributed by atoms with E-state index in [1.54, 1.807) is 91.0 Å². The number of aromatic nitrogens is 2. The molecule has 0 amide bonds. The van der Waals surface area contributed by atoms with E-state index in [2.05, 4.69) is 50.0 Å². The fourth-order valence-corrected chi connectivity index (χ4v) is 12.2.